The lowest BCUT2D eigenvalue weighted by molar-refractivity contribution is -0.176. The maximum atomic E-state index is 10.9. The van der Waals surface area contributed by atoms with Crippen molar-refractivity contribution in [2.75, 3.05) is 0 Å². The van der Waals surface area contributed by atoms with Gasteiger partial charge in [0, 0.05) is 0 Å². The van der Waals surface area contributed by atoms with Gasteiger partial charge in [-0.25, -0.2) is 19.2 Å². The molecule has 0 aliphatic heterocycles. The monoisotopic (exact) mass is 518 g/mol. The van der Waals surface area contributed by atoms with Gasteiger partial charge in [-0.1, -0.05) is 0 Å². The molecule has 35 heavy (non-hydrogen) atoms. The van der Waals surface area contributed by atoms with Crippen LogP contribution >= 0.6 is 0 Å². The van der Waals surface area contributed by atoms with E-state index in [4.69, 9.17) is 51.1 Å². The number of aliphatic carboxylic acids is 6. The first kappa shape index (κ1) is 35.4. The van der Waals surface area contributed by atoms with E-state index in [1.807, 2.05) is 0 Å². The molecule has 0 fully saturated rings. The van der Waals surface area contributed by atoms with Crippen LogP contribution in [0.15, 0.2) is 0 Å². The molecule has 0 aliphatic rings. The molecule has 200 valence electrons. The molecule has 0 heterocycles. The van der Waals surface area contributed by atoms with E-state index in [9.17, 15) is 38.4 Å². The van der Waals surface area contributed by atoms with Gasteiger partial charge in [-0.3, -0.25) is 19.2 Å². The highest BCUT2D eigenvalue weighted by molar-refractivity contribution is 5.92. The number of hydrogen-bond acceptors (Lipinski definition) is 13. The van der Waals surface area contributed by atoms with E-state index >= 15 is 0 Å². The average Bonchev–Trinajstić information content (AvgIpc) is 2.74. The van der Waals surface area contributed by atoms with Crippen molar-refractivity contribution in [1.29, 1.82) is 0 Å². The van der Waals surface area contributed by atoms with E-state index in [1.165, 1.54) is 0 Å². The number of esters is 2. The van der Waals surface area contributed by atoms with Crippen molar-refractivity contribution in [1.82, 2.24) is 0 Å². The minimum absolute atomic E-state index is 0.296. The van der Waals surface area contributed by atoms with Crippen molar-refractivity contribution in [3.8, 4) is 0 Å². The van der Waals surface area contributed by atoms with Crippen LogP contribution in [0.2, 0.25) is 0 Å². The van der Waals surface area contributed by atoms with E-state index in [-0.39, 0.29) is 12.8 Å². The highest BCUT2D eigenvalue weighted by Gasteiger charge is 2.32. The van der Waals surface area contributed by atoms with Gasteiger partial charge >= 0.3 is 47.8 Å². The first-order chi connectivity index (χ1) is 15.8. The van der Waals surface area contributed by atoms with Crippen molar-refractivity contribution in [3.05, 3.63) is 0 Å². The molecule has 19 heteroatoms. The normalized spacial score (nSPS) is 13.0. The molecule has 0 saturated heterocycles. The van der Waals surface area contributed by atoms with Gasteiger partial charge in [0.2, 0.25) is 0 Å². The van der Waals surface area contributed by atoms with Crippen molar-refractivity contribution in [2.45, 2.75) is 50.1 Å². The molecule has 0 aliphatic carbocycles. The van der Waals surface area contributed by atoms with Gasteiger partial charge in [0.05, 0.1) is 25.7 Å². The van der Waals surface area contributed by atoms with Crippen molar-refractivity contribution in [3.63, 3.8) is 0 Å². The fourth-order valence-electron chi connectivity index (χ4n) is 1.18. The van der Waals surface area contributed by atoms with Gasteiger partial charge in [0.25, 0.3) is 0 Å². The Bertz CT molecular complexity index is 754. The summed E-state index contributed by atoms with van der Waals surface area (Å²) in [5.41, 5.74) is 0. The molecule has 0 radical (unpaired) electrons. The smallest absolute Gasteiger partial charge is 0.346 e. The van der Waals surface area contributed by atoms with Crippen LogP contribution in [0.5, 0.6) is 0 Å². The van der Waals surface area contributed by atoms with Crippen molar-refractivity contribution >= 4 is 47.8 Å². The Morgan fingerprint density at radius 1 is 0.457 bits per heavy atom. The standard InChI is InChI=1S/C8H10O9.C4H6O6.C4H6O4/c9-3(10)1-2-4(11)17-8(16)6(13)5(12)7(14)15;5-1(3(7)8)2(6)4(9)10;5-3(6)1-2-4(7)8/h5-6,12-13H,1-2H2,(H,9,10)(H,14,15);1-2,5-6H,(H,7,8)(H,9,10);1-2H2,(H,5,6)(H,7,8). The van der Waals surface area contributed by atoms with E-state index < -0.39 is 85.0 Å². The second-order valence-corrected chi connectivity index (χ2v) is 5.77. The molecule has 0 aromatic heterocycles. The number of hydrogen-bond donors (Lipinski definition) is 10. The maximum Gasteiger partial charge on any atom is 0.346 e. The van der Waals surface area contributed by atoms with Crippen molar-refractivity contribution < 1.29 is 94.2 Å². The van der Waals surface area contributed by atoms with Crippen LogP contribution in [0.4, 0.5) is 0 Å². The third-order valence-corrected chi connectivity index (χ3v) is 2.91. The lowest BCUT2D eigenvalue weighted by Crippen LogP contribution is -2.41. The van der Waals surface area contributed by atoms with E-state index in [0.717, 1.165) is 0 Å². The van der Waals surface area contributed by atoms with Crippen LogP contribution < -0.4 is 0 Å². The summed E-state index contributed by atoms with van der Waals surface area (Å²) in [4.78, 5) is 80.7. The first-order valence-corrected chi connectivity index (χ1v) is 8.65. The molecule has 10 N–H and O–H groups in total. The van der Waals surface area contributed by atoms with Gasteiger partial charge in [0.15, 0.2) is 24.4 Å². The maximum absolute atomic E-state index is 10.9. The minimum Gasteiger partial charge on any atom is -0.481 e. The summed E-state index contributed by atoms with van der Waals surface area (Å²) in [5, 5.41) is 82.4. The van der Waals surface area contributed by atoms with Crippen LogP contribution in [-0.4, -0.2) is 123 Å². The summed E-state index contributed by atoms with van der Waals surface area (Å²) in [5.74, 6) is -11.7. The molecule has 19 nitrogen and oxygen atoms in total. The molecule has 0 bridgehead atoms. The largest absolute Gasteiger partial charge is 0.481 e. The number of aliphatic hydroxyl groups excluding tert-OH is 4. The number of carbonyl (C=O) groups is 8. The minimum atomic E-state index is -2.42. The first-order valence-electron chi connectivity index (χ1n) is 8.65. The second-order valence-electron chi connectivity index (χ2n) is 5.77. The zero-order valence-corrected chi connectivity index (χ0v) is 17.3. The lowest BCUT2D eigenvalue weighted by Gasteiger charge is -2.11. The highest BCUT2D eigenvalue weighted by Crippen LogP contribution is 2.00. The molecule has 4 atom stereocenters. The molecule has 4 unspecified atom stereocenters. The van der Waals surface area contributed by atoms with E-state index in [2.05, 4.69) is 4.74 Å². The Hall–Kier alpha value is -4.20. The van der Waals surface area contributed by atoms with Crippen LogP contribution in [0.1, 0.15) is 25.7 Å². The van der Waals surface area contributed by atoms with Gasteiger partial charge in [-0.2, -0.15) is 0 Å². The molecular formula is C16H22O19. The van der Waals surface area contributed by atoms with E-state index in [0.29, 0.717) is 0 Å². The predicted octanol–water partition coefficient (Wildman–Crippen LogP) is -4.46. The number of carboxylic acid groups (broad SMARTS) is 6. The van der Waals surface area contributed by atoms with Crippen LogP contribution in [0, 0.1) is 0 Å². The van der Waals surface area contributed by atoms with Crippen LogP contribution in [0.25, 0.3) is 0 Å². The summed E-state index contributed by atoms with van der Waals surface area (Å²) < 4.78 is 3.92. The second kappa shape index (κ2) is 18.3. The Balaban J connectivity index is -0.000000483. The zero-order valence-electron chi connectivity index (χ0n) is 17.3. The molecule has 0 spiro atoms. The molecule has 0 aromatic rings. The van der Waals surface area contributed by atoms with Crippen molar-refractivity contribution in [2.24, 2.45) is 0 Å². The Morgan fingerprint density at radius 2 is 0.714 bits per heavy atom. The molecule has 0 saturated carbocycles. The average molecular weight is 518 g/mol. The molecular weight excluding hydrogens is 496 g/mol. The summed E-state index contributed by atoms with van der Waals surface area (Å²) in [6.45, 7) is 0. The van der Waals surface area contributed by atoms with Gasteiger partial charge in [-0.15, -0.1) is 0 Å². The molecule has 0 amide bonds. The fraction of sp³-hybridized carbons (Fsp3) is 0.500. The zero-order chi connectivity index (χ0) is 28.5. The quantitative estimate of drug-likeness (QED) is 0.0859. The number of carboxylic acids is 6. The summed E-state index contributed by atoms with van der Waals surface area (Å²) in [6.07, 6.45) is -11.2. The summed E-state index contributed by atoms with van der Waals surface area (Å²) in [6, 6.07) is 0. The predicted molar refractivity (Wildman–Crippen MR) is 99.4 cm³/mol. The van der Waals surface area contributed by atoms with Gasteiger partial charge in [0.1, 0.15) is 0 Å². The van der Waals surface area contributed by atoms with Gasteiger partial charge in [-0.05, 0) is 0 Å². The lowest BCUT2D eigenvalue weighted by atomic mass is 10.2. The third-order valence-electron chi connectivity index (χ3n) is 2.91. The fourth-order valence-corrected chi connectivity index (χ4v) is 1.18. The number of carbonyl (C=O) groups excluding carboxylic acids is 2. The van der Waals surface area contributed by atoms with Gasteiger partial charge < -0.3 is 55.8 Å². The Labute approximate surface area is 193 Å². The molecule has 0 rings (SSSR count). The van der Waals surface area contributed by atoms with Crippen LogP contribution in [-0.2, 0) is 43.1 Å². The van der Waals surface area contributed by atoms with E-state index in [1.54, 1.807) is 0 Å². The highest BCUT2D eigenvalue weighted by atomic mass is 16.6. The number of ether oxygens (including phenoxy) is 1. The summed E-state index contributed by atoms with van der Waals surface area (Å²) in [7, 11) is 0. The Kier molecular flexibility index (Phi) is 18.5. The SMILES string of the molecule is O=C(O)C(O)C(O)C(=O)O.O=C(O)CCC(=O)O.O=C(O)CCC(=O)OC(=O)C(O)C(O)C(=O)O. The Morgan fingerprint density at radius 3 is 0.971 bits per heavy atom. The number of aliphatic hydroxyl groups is 4. The summed E-state index contributed by atoms with van der Waals surface area (Å²) >= 11 is 0. The number of rotatable bonds is 12. The topological polar surface area (TPSA) is 348 Å². The van der Waals surface area contributed by atoms with Crippen LogP contribution in [0.3, 0.4) is 0 Å². The third kappa shape index (κ3) is 20.2. The molecule has 0 aromatic carbocycles.